The summed E-state index contributed by atoms with van der Waals surface area (Å²) >= 11 is 0. The third kappa shape index (κ3) is 2.99. The third-order valence-corrected chi connectivity index (χ3v) is 3.53. The molecule has 1 fully saturated rings. The highest BCUT2D eigenvalue weighted by atomic mass is 19.1. The van der Waals surface area contributed by atoms with Crippen molar-refractivity contribution in [1.82, 2.24) is 0 Å². The first-order valence-corrected chi connectivity index (χ1v) is 7.25. The molecule has 0 bridgehead atoms. The summed E-state index contributed by atoms with van der Waals surface area (Å²) in [5, 5.41) is 12.7. The van der Waals surface area contributed by atoms with E-state index >= 15 is 0 Å². The van der Waals surface area contributed by atoms with Crippen LogP contribution in [0.25, 0.3) is 11.0 Å². The van der Waals surface area contributed by atoms with Gasteiger partial charge in [-0.25, -0.2) is 4.39 Å². The molecule has 8 heteroatoms. The molecule has 0 radical (unpaired) electrons. The predicted molar refractivity (Wildman–Crippen MR) is 84.7 cm³/mol. The fourth-order valence-corrected chi connectivity index (χ4v) is 2.48. The van der Waals surface area contributed by atoms with E-state index in [4.69, 9.17) is 13.7 Å². The van der Waals surface area contributed by atoms with Gasteiger partial charge in [0.25, 0.3) is 0 Å². The van der Waals surface area contributed by atoms with Gasteiger partial charge < -0.3 is 24.0 Å². The Bertz CT molecular complexity index is 679. The van der Waals surface area contributed by atoms with Crippen molar-refractivity contribution < 1.29 is 23.1 Å². The molecule has 1 aliphatic heterocycles. The minimum atomic E-state index is -0.767. The maximum atomic E-state index is 14.3. The van der Waals surface area contributed by atoms with E-state index in [0.717, 1.165) is 0 Å². The van der Waals surface area contributed by atoms with Crippen LogP contribution in [0.1, 0.15) is 13.8 Å². The number of rotatable bonds is 3. The molecular formula is C14H18B2FNO4. The lowest BCUT2D eigenvalue weighted by molar-refractivity contribution is 0.0341. The number of anilines is 1. The first kappa shape index (κ1) is 15.4. The van der Waals surface area contributed by atoms with Gasteiger partial charge >= 0.3 is 14.2 Å². The molecule has 0 spiro atoms. The molecule has 2 N–H and O–H groups in total. The average molecular weight is 305 g/mol. The van der Waals surface area contributed by atoms with Crippen molar-refractivity contribution in [3.63, 3.8) is 0 Å². The highest BCUT2D eigenvalue weighted by molar-refractivity contribution is 6.64. The monoisotopic (exact) mass is 305 g/mol. The van der Waals surface area contributed by atoms with Crippen molar-refractivity contribution in [2.24, 2.45) is 5.41 Å². The first-order chi connectivity index (χ1) is 10.4. The summed E-state index contributed by atoms with van der Waals surface area (Å²) in [6, 6.07) is 4.53. The Morgan fingerprint density at radius 2 is 2.00 bits per heavy atom. The van der Waals surface area contributed by atoms with Gasteiger partial charge in [-0.05, 0) is 19.0 Å². The van der Waals surface area contributed by atoms with Gasteiger partial charge in [0.2, 0.25) is 0 Å². The molecule has 5 nitrogen and oxygen atoms in total. The molecule has 2 aromatic rings. The third-order valence-electron chi connectivity index (χ3n) is 3.53. The van der Waals surface area contributed by atoms with Crippen molar-refractivity contribution in [3.05, 3.63) is 24.0 Å². The number of nitrogens with one attached hydrogen (secondary N) is 1. The minimum absolute atomic E-state index is 0.0870. The van der Waals surface area contributed by atoms with Gasteiger partial charge in [-0.1, -0.05) is 13.8 Å². The van der Waals surface area contributed by atoms with E-state index in [1.165, 1.54) is 6.07 Å². The lowest BCUT2D eigenvalue weighted by atomic mass is 9.74. The van der Waals surface area contributed by atoms with Gasteiger partial charge in [-0.3, -0.25) is 0 Å². The summed E-state index contributed by atoms with van der Waals surface area (Å²) in [6.45, 7) is 6.61. The van der Waals surface area contributed by atoms with Crippen molar-refractivity contribution >= 4 is 36.5 Å². The van der Waals surface area contributed by atoms with E-state index in [0.29, 0.717) is 35.5 Å². The van der Waals surface area contributed by atoms with Crippen molar-refractivity contribution in [3.8, 4) is 0 Å². The van der Waals surface area contributed by atoms with Crippen LogP contribution in [0.15, 0.2) is 22.6 Å². The average Bonchev–Trinajstić information content (AvgIpc) is 2.81. The maximum absolute atomic E-state index is 14.3. The van der Waals surface area contributed by atoms with Gasteiger partial charge in [0.15, 0.2) is 5.88 Å². The molecule has 1 saturated heterocycles. The Balaban J connectivity index is 1.97. The van der Waals surface area contributed by atoms with Crippen LogP contribution in [-0.2, 0) is 9.31 Å². The molecular weight excluding hydrogens is 287 g/mol. The molecule has 22 heavy (non-hydrogen) atoms. The lowest BCUT2D eigenvalue weighted by Crippen LogP contribution is -2.48. The number of hydrogen-bond donors (Lipinski definition) is 2. The van der Waals surface area contributed by atoms with Crippen LogP contribution in [0, 0.1) is 11.2 Å². The van der Waals surface area contributed by atoms with Gasteiger partial charge in [-0.2, -0.15) is 0 Å². The lowest BCUT2D eigenvalue weighted by Gasteiger charge is -2.33. The maximum Gasteiger partial charge on any atom is 0.497 e. The highest BCUT2D eigenvalue weighted by Crippen LogP contribution is 2.26. The zero-order chi connectivity index (χ0) is 15.9. The second-order valence-corrected chi connectivity index (χ2v) is 6.42. The van der Waals surface area contributed by atoms with Gasteiger partial charge in [0.05, 0.1) is 0 Å². The van der Waals surface area contributed by atoms with E-state index < -0.39 is 20.0 Å². The quantitative estimate of drug-likeness (QED) is 0.848. The smallest absolute Gasteiger partial charge is 0.442 e. The van der Waals surface area contributed by atoms with Crippen molar-refractivity contribution in [2.75, 3.05) is 18.4 Å². The SMILES string of the molecule is CB(O)Nc1cc2c(B3OCC(C)(C)CO3)c(F)ccc2o1. The van der Waals surface area contributed by atoms with Gasteiger partial charge in [0.1, 0.15) is 11.4 Å². The summed E-state index contributed by atoms with van der Waals surface area (Å²) in [5.41, 5.74) is 0.753. The fourth-order valence-electron chi connectivity index (χ4n) is 2.48. The Hall–Kier alpha value is -1.50. The van der Waals surface area contributed by atoms with Crippen LogP contribution >= 0.6 is 0 Å². The second-order valence-electron chi connectivity index (χ2n) is 6.42. The molecule has 0 aliphatic carbocycles. The molecule has 1 aliphatic rings. The highest BCUT2D eigenvalue weighted by Gasteiger charge is 2.36. The van der Waals surface area contributed by atoms with Crippen LogP contribution in [0.5, 0.6) is 0 Å². The molecule has 1 aromatic heterocycles. The van der Waals surface area contributed by atoms with Gasteiger partial charge in [0, 0.05) is 35.5 Å². The molecule has 0 atom stereocenters. The summed E-state index contributed by atoms with van der Waals surface area (Å²) in [6.07, 6.45) is 0. The van der Waals surface area contributed by atoms with Crippen molar-refractivity contribution in [1.29, 1.82) is 0 Å². The number of furan rings is 1. The van der Waals surface area contributed by atoms with Crippen LogP contribution in [-0.4, -0.2) is 32.4 Å². The standard InChI is InChI=1S/C14H18B2FNO4/c1-14(2)7-20-16(21-8-14)13-9-6-12(18-15(3)19)22-11(9)5-4-10(13)17/h4-6,18-19H,7-8H2,1-3H3. The van der Waals surface area contributed by atoms with E-state index in [-0.39, 0.29) is 5.41 Å². The topological polar surface area (TPSA) is 63.9 Å². The van der Waals surface area contributed by atoms with Crippen LogP contribution in [0.4, 0.5) is 10.3 Å². The Morgan fingerprint density at radius 1 is 1.32 bits per heavy atom. The zero-order valence-corrected chi connectivity index (χ0v) is 12.9. The molecule has 2 heterocycles. The summed E-state index contributed by atoms with van der Waals surface area (Å²) in [7, 11) is -1.52. The molecule has 0 unspecified atom stereocenters. The minimum Gasteiger partial charge on any atom is -0.442 e. The molecule has 0 saturated carbocycles. The Kier molecular flexibility index (Phi) is 3.92. The molecule has 0 amide bonds. The normalized spacial score (nSPS) is 17.8. The molecule has 1 aromatic carbocycles. The largest absolute Gasteiger partial charge is 0.497 e. The van der Waals surface area contributed by atoms with E-state index in [1.54, 1.807) is 19.0 Å². The predicted octanol–water partition coefficient (Wildman–Crippen LogP) is 1.86. The second kappa shape index (κ2) is 5.61. The zero-order valence-electron chi connectivity index (χ0n) is 12.9. The Labute approximate surface area is 129 Å². The molecule has 3 rings (SSSR count). The molecule has 116 valence electrons. The van der Waals surface area contributed by atoms with Crippen molar-refractivity contribution in [2.45, 2.75) is 20.7 Å². The number of fused-ring (bicyclic) bond motifs is 1. The number of halogens is 1. The fraction of sp³-hybridized carbons (Fsp3) is 0.429. The summed E-state index contributed by atoms with van der Waals surface area (Å²) in [5.74, 6) is -0.0328. The van der Waals surface area contributed by atoms with E-state index in [9.17, 15) is 9.41 Å². The van der Waals surface area contributed by atoms with Crippen LogP contribution < -0.4 is 10.7 Å². The van der Waals surface area contributed by atoms with Gasteiger partial charge in [-0.15, -0.1) is 0 Å². The first-order valence-electron chi connectivity index (χ1n) is 7.25. The Morgan fingerprint density at radius 3 is 2.64 bits per heavy atom. The number of hydrogen-bond acceptors (Lipinski definition) is 5. The van der Waals surface area contributed by atoms with E-state index in [1.807, 2.05) is 13.8 Å². The summed E-state index contributed by atoms with van der Waals surface area (Å²) < 4.78 is 31.2. The summed E-state index contributed by atoms with van der Waals surface area (Å²) in [4.78, 5) is 0. The van der Waals surface area contributed by atoms with E-state index in [2.05, 4.69) is 5.23 Å². The number of benzene rings is 1. The van der Waals surface area contributed by atoms with Crippen LogP contribution in [0.2, 0.25) is 6.82 Å². The van der Waals surface area contributed by atoms with Crippen LogP contribution in [0.3, 0.4) is 0 Å².